The van der Waals surface area contributed by atoms with E-state index in [1.165, 1.54) is 18.1 Å². The molecule has 0 heterocycles. The Bertz CT molecular complexity index is 786. The first-order valence-corrected chi connectivity index (χ1v) is 10.1. The van der Waals surface area contributed by atoms with Crippen molar-refractivity contribution >= 4 is 17.6 Å². The summed E-state index contributed by atoms with van der Waals surface area (Å²) >= 11 is 0. The van der Waals surface area contributed by atoms with E-state index in [-0.39, 0.29) is 5.91 Å². The smallest absolute Gasteiger partial charge is 0.221 e. The topological polar surface area (TPSA) is 66.0 Å². The predicted octanol–water partition coefficient (Wildman–Crippen LogP) is 3.68. The van der Waals surface area contributed by atoms with Gasteiger partial charge in [0.1, 0.15) is 5.75 Å². The van der Waals surface area contributed by atoms with Gasteiger partial charge >= 0.3 is 0 Å². The third kappa shape index (κ3) is 7.86. The predicted molar refractivity (Wildman–Crippen MR) is 120 cm³/mol. The number of rotatable bonds is 9. The molecule has 0 atom stereocenters. The minimum absolute atomic E-state index is 0.0619. The van der Waals surface area contributed by atoms with Crippen molar-refractivity contribution in [1.82, 2.24) is 10.2 Å². The number of carbonyl (C=O) groups excluding carboxylic acids is 1. The molecule has 0 fully saturated rings. The molecule has 2 N–H and O–H groups in total. The van der Waals surface area contributed by atoms with Gasteiger partial charge in [-0.1, -0.05) is 24.3 Å². The number of hydrogen-bond acceptors (Lipinski definition) is 3. The number of hydrogen-bond donors (Lipinski definition) is 2. The van der Waals surface area contributed by atoms with E-state index < -0.39 is 0 Å². The second-order valence-corrected chi connectivity index (χ2v) is 6.80. The lowest BCUT2D eigenvalue weighted by Crippen LogP contribution is -2.38. The van der Waals surface area contributed by atoms with Gasteiger partial charge in [0.25, 0.3) is 0 Å². The van der Waals surface area contributed by atoms with Gasteiger partial charge in [-0.3, -0.25) is 9.79 Å². The molecular formula is C23H32N4O2. The lowest BCUT2D eigenvalue weighted by Gasteiger charge is -2.22. The second-order valence-electron chi connectivity index (χ2n) is 6.80. The van der Waals surface area contributed by atoms with Crippen molar-refractivity contribution in [3.05, 3.63) is 59.7 Å². The molecule has 2 aromatic carbocycles. The third-order valence-electron chi connectivity index (χ3n) is 4.29. The Balaban J connectivity index is 1.92. The minimum Gasteiger partial charge on any atom is -0.494 e. The summed E-state index contributed by atoms with van der Waals surface area (Å²) in [6.07, 6.45) is 0.839. The van der Waals surface area contributed by atoms with Gasteiger partial charge < -0.3 is 20.3 Å². The highest BCUT2D eigenvalue weighted by molar-refractivity contribution is 5.88. The van der Waals surface area contributed by atoms with Crippen molar-refractivity contribution in [2.45, 2.75) is 33.7 Å². The fraction of sp³-hybridized carbons (Fsp3) is 0.391. The molecular weight excluding hydrogens is 364 g/mol. The van der Waals surface area contributed by atoms with Crippen LogP contribution in [0.15, 0.2) is 53.5 Å². The van der Waals surface area contributed by atoms with Crippen molar-refractivity contribution in [1.29, 1.82) is 0 Å². The molecule has 0 bridgehead atoms. The number of guanidine groups is 1. The number of nitrogens with zero attached hydrogens (tertiary/aromatic N) is 2. The van der Waals surface area contributed by atoms with Crippen molar-refractivity contribution in [2.75, 3.05) is 32.1 Å². The molecule has 0 aromatic heterocycles. The standard InChI is InChI=1S/C23H32N4O2/c1-5-24-23(27(4)17-20-9-13-22(14-10-20)29-6-2)25-16-15-19-7-11-21(12-8-19)26-18(3)28/h7-14H,5-6,15-17H2,1-4H3,(H,24,25)(H,26,28). The lowest BCUT2D eigenvalue weighted by molar-refractivity contribution is -0.114. The van der Waals surface area contributed by atoms with Crippen molar-refractivity contribution < 1.29 is 9.53 Å². The Labute approximate surface area is 174 Å². The van der Waals surface area contributed by atoms with E-state index in [0.29, 0.717) is 13.2 Å². The highest BCUT2D eigenvalue weighted by atomic mass is 16.5. The maximum atomic E-state index is 11.1. The summed E-state index contributed by atoms with van der Waals surface area (Å²) in [6, 6.07) is 16.1. The molecule has 0 aliphatic carbocycles. The normalized spacial score (nSPS) is 11.1. The van der Waals surface area contributed by atoms with Crippen LogP contribution in [0.2, 0.25) is 0 Å². The molecule has 156 valence electrons. The van der Waals surface area contributed by atoms with Crippen LogP contribution in [0.1, 0.15) is 31.9 Å². The molecule has 1 amide bonds. The number of ether oxygens (including phenoxy) is 1. The Morgan fingerprint density at radius 2 is 1.69 bits per heavy atom. The van der Waals surface area contributed by atoms with Crippen LogP contribution in [0.5, 0.6) is 5.75 Å². The summed E-state index contributed by atoms with van der Waals surface area (Å²) in [5.41, 5.74) is 3.20. The molecule has 2 rings (SSSR count). The van der Waals surface area contributed by atoms with E-state index in [1.807, 2.05) is 50.4 Å². The van der Waals surface area contributed by atoms with Gasteiger partial charge in [-0.05, 0) is 55.7 Å². The van der Waals surface area contributed by atoms with E-state index in [9.17, 15) is 4.79 Å². The second kappa shape index (κ2) is 11.7. The molecule has 6 nitrogen and oxygen atoms in total. The average molecular weight is 397 g/mol. The van der Waals surface area contributed by atoms with Gasteiger partial charge in [-0.2, -0.15) is 0 Å². The largest absolute Gasteiger partial charge is 0.494 e. The minimum atomic E-state index is -0.0619. The van der Waals surface area contributed by atoms with Gasteiger partial charge in [0.2, 0.25) is 5.91 Å². The summed E-state index contributed by atoms with van der Waals surface area (Å²) < 4.78 is 5.50. The van der Waals surface area contributed by atoms with Gasteiger partial charge in [0.05, 0.1) is 6.61 Å². The van der Waals surface area contributed by atoms with Crippen LogP contribution >= 0.6 is 0 Å². The highest BCUT2D eigenvalue weighted by Gasteiger charge is 2.07. The summed E-state index contributed by atoms with van der Waals surface area (Å²) in [6.45, 7) is 8.51. The highest BCUT2D eigenvalue weighted by Crippen LogP contribution is 2.13. The maximum absolute atomic E-state index is 11.1. The first-order chi connectivity index (χ1) is 14.0. The molecule has 0 spiro atoms. The number of benzene rings is 2. The number of aliphatic imine (C=N–C) groups is 1. The van der Waals surface area contributed by atoms with Gasteiger partial charge in [0, 0.05) is 39.3 Å². The molecule has 0 saturated heterocycles. The van der Waals surface area contributed by atoms with Gasteiger partial charge in [-0.25, -0.2) is 0 Å². The molecule has 2 aromatic rings. The molecule has 0 aliphatic rings. The zero-order valence-corrected chi connectivity index (χ0v) is 17.9. The summed E-state index contributed by atoms with van der Waals surface area (Å²) in [5.74, 6) is 1.72. The van der Waals surface area contributed by atoms with Crippen LogP contribution in [0.3, 0.4) is 0 Å². The monoisotopic (exact) mass is 396 g/mol. The van der Waals surface area contributed by atoms with Crippen LogP contribution in [0.25, 0.3) is 0 Å². The average Bonchev–Trinajstić information content (AvgIpc) is 2.70. The van der Waals surface area contributed by atoms with Crippen LogP contribution in [0, 0.1) is 0 Å². The van der Waals surface area contributed by atoms with E-state index in [1.54, 1.807) is 0 Å². The summed E-state index contributed by atoms with van der Waals surface area (Å²) in [5, 5.41) is 6.14. The van der Waals surface area contributed by atoms with Gasteiger partial charge in [-0.15, -0.1) is 0 Å². The first-order valence-electron chi connectivity index (χ1n) is 10.1. The molecule has 0 radical (unpaired) electrons. The number of anilines is 1. The van der Waals surface area contributed by atoms with Crippen LogP contribution in [-0.4, -0.2) is 43.5 Å². The summed E-state index contributed by atoms with van der Waals surface area (Å²) in [7, 11) is 2.04. The fourth-order valence-electron chi connectivity index (χ4n) is 2.93. The van der Waals surface area contributed by atoms with Crippen LogP contribution in [0.4, 0.5) is 5.69 Å². The first kappa shape index (κ1) is 22.3. The van der Waals surface area contributed by atoms with E-state index in [2.05, 4.69) is 34.6 Å². The SMILES string of the molecule is CCNC(=NCCc1ccc(NC(C)=O)cc1)N(C)Cc1ccc(OCC)cc1. The fourth-order valence-corrected chi connectivity index (χ4v) is 2.93. The maximum Gasteiger partial charge on any atom is 0.221 e. The Morgan fingerprint density at radius 3 is 2.28 bits per heavy atom. The molecule has 0 saturated carbocycles. The zero-order chi connectivity index (χ0) is 21.1. The van der Waals surface area contributed by atoms with E-state index in [0.717, 1.165) is 36.9 Å². The van der Waals surface area contributed by atoms with E-state index in [4.69, 9.17) is 9.73 Å². The number of nitrogens with one attached hydrogen (secondary N) is 2. The molecule has 0 aliphatic heterocycles. The van der Waals surface area contributed by atoms with Crippen LogP contribution < -0.4 is 15.4 Å². The van der Waals surface area contributed by atoms with Crippen molar-refractivity contribution in [2.24, 2.45) is 4.99 Å². The van der Waals surface area contributed by atoms with Crippen LogP contribution in [-0.2, 0) is 17.8 Å². The Kier molecular flexibility index (Phi) is 9.02. The lowest BCUT2D eigenvalue weighted by atomic mass is 10.1. The number of amides is 1. The van der Waals surface area contributed by atoms with E-state index >= 15 is 0 Å². The zero-order valence-electron chi connectivity index (χ0n) is 17.9. The Hall–Kier alpha value is -3.02. The molecule has 0 unspecified atom stereocenters. The van der Waals surface area contributed by atoms with Crippen molar-refractivity contribution in [3.63, 3.8) is 0 Å². The quantitative estimate of drug-likeness (QED) is 0.501. The van der Waals surface area contributed by atoms with Crippen molar-refractivity contribution in [3.8, 4) is 5.75 Å². The molecule has 6 heteroatoms. The summed E-state index contributed by atoms with van der Waals surface area (Å²) in [4.78, 5) is 18.0. The third-order valence-corrected chi connectivity index (χ3v) is 4.29. The molecule has 29 heavy (non-hydrogen) atoms. The number of carbonyl (C=O) groups is 1. The van der Waals surface area contributed by atoms with Gasteiger partial charge in [0.15, 0.2) is 5.96 Å². The Morgan fingerprint density at radius 1 is 1.03 bits per heavy atom.